The van der Waals surface area contributed by atoms with Gasteiger partial charge in [0.15, 0.2) is 0 Å². The standard InChI is InChI=1S/C24H34N2O6/c1-3-32-23(30)19(12-11-18-8-5-4-6-9-18)25-17(2)21(27)26-20(22(28)29)10-7-13-24(26)14-15-31-16-24/h4-6,8-9,17,19-20,25H,3,7,10-16H2,1-2H3,(H,28,29)/t17?,19-,20-,24?/m0/s1. The first-order chi connectivity index (χ1) is 15.4. The molecule has 2 unspecified atom stereocenters. The molecule has 2 saturated heterocycles. The van der Waals surface area contributed by atoms with Gasteiger partial charge in [-0.1, -0.05) is 30.3 Å². The molecule has 2 fully saturated rings. The normalized spacial score (nSPS) is 24.8. The number of carboxylic acid groups (broad SMARTS) is 1. The van der Waals surface area contributed by atoms with Crippen LogP contribution in [0.25, 0.3) is 0 Å². The van der Waals surface area contributed by atoms with Gasteiger partial charge >= 0.3 is 11.9 Å². The van der Waals surface area contributed by atoms with Crippen molar-refractivity contribution < 1.29 is 29.0 Å². The topological polar surface area (TPSA) is 105 Å². The average Bonchev–Trinajstić information content (AvgIpc) is 3.25. The van der Waals surface area contributed by atoms with Gasteiger partial charge in [-0.25, -0.2) is 4.79 Å². The van der Waals surface area contributed by atoms with Crippen LogP contribution in [-0.4, -0.2) is 71.3 Å². The molecule has 0 bridgehead atoms. The maximum atomic E-state index is 13.6. The first-order valence-corrected chi connectivity index (χ1v) is 11.5. The molecule has 3 rings (SSSR count). The summed E-state index contributed by atoms with van der Waals surface area (Å²) in [5, 5.41) is 12.9. The highest BCUT2D eigenvalue weighted by atomic mass is 16.5. The molecule has 32 heavy (non-hydrogen) atoms. The number of benzene rings is 1. The molecule has 0 saturated carbocycles. The van der Waals surface area contributed by atoms with Gasteiger partial charge in [0.25, 0.3) is 0 Å². The van der Waals surface area contributed by atoms with Crippen molar-refractivity contribution in [2.24, 2.45) is 0 Å². The van der Waals surface area contributed by atoms with Gasteiger partial charge in [0.05, 0.1) is 24.8 Å². The Morgan fingerprint density at radius 3 is 2.66 bits per heavy atom. The van der Waals surface area contributed by atoms with Crippen LogP contribution in [0, 0.1) is 0 Å². The van der Waals surface area contributed by atoms with Gasteiger partial charge in [0, 0.05) is 6.61 Å². The largest absolute Gasteiger partial charge is 0.480 e. The van der Waals surface area contributed by atoms with Crippen molar-refractivity contribution in [3.63, 3.8) is 0 Å². The van der Waals surface area contributed by atoms with E-state index in [2.05, 4.69) is 5.32 Å². The van der Waals surface area contributed by atoms with Gasteiger partial charge in [0.1, 0.15) is 12.1 Å². The summed E-state index contributed by atoms with van der Waals surface area (Å²) in [4.78, 5) is 39.7. The van der Waals surface area contributed by atoms with Crippen LogP contribution in [0.1, 0.15) is 51.5 Å². The molecule has 8 nitrogen and oxygen atoms in total. The summed E-state index contributed by atoms with van der Waals surface area (Å²) in [5.74, 6) is -1.71. The number of carbonyl (C=O) groups excluding carboxylic acids is 2. The number of nitrogens with zero attached hydrogens (tertiary/aromatic N) is 1. The third-order valence-electron chi connectivity index (χ3n) is 6.50. The number of carbonyl (C=O) groups is 3. The molecule has 1 aromatic rings. The Morgan fingerprint density at radius 1 is 1.28 bits per heavy atom. The quantitative estimate of drug-likeness (QED) is 0.560. The van der Waals surface area contributed by atoms with Crippen LogP contribution in [-0.2, 0) is 30.3 Å². The molecular formula is C24H34N2O6. The molecule has 0 aromatic heterocycles. The lowest BCUT2D eigenvalue weighted by atomic mass is 9.82. The number of aliphatic carboxylic acids is 1. The van der Waals surface area contributed by atoms with Crippen LogP contribution in [0.4, 0.5) is 0 Å². The highest BCUT2D eigenvalue weighted by molar-refractivity contribution is 5.88. The van der Waals surface area contributed by atoms with E-state index < -0.39 is 35.6 Å². The minimum Gasteiger partial charge on any atom is -0.480 e. The third kappa shape index (κ3) is 5.48. The number of hydrogen-bond acceptors (Lipinski definition) is 6. The number of carboxylic acids is 1. The van der Waals surface area contributed by atoms with Crippen LogP contribution in [0.2, 0.25) is 0 Å². The molecule has 176 valence electrons. The number of amides is 1. The highest BCUT2D eigenvalue weighted by Crippen LogP contribution is 2.39. The lowest BCUT2D eigenvalue weighted by Crippen LogP contribution is -2.65. The van der Waals surface area contributed by atoms with Crippen LogP contribution in [0.15, 0.2) is 30.3 Å². The predicted octanol–water partition coefficient (Wildman–Crippen LogP) is 2.15. The number of likely N-dealkylation sites (tertiary alicyclic amines) is 1. The number of nitrogens with one attached hydrogen (secondary N) is 1. The first-order valence-electron chi connectivity index (χ1n) is 11.5. The fourth-order valence-electron chi connectivity index (χ4n) is 4.86. The fraction of sp³-hybridized carbons (Fsp3) is 0.625. The summed E-state index contributed by atoms with van der Waals surface area (Å²) >= 11 is 0. The van der Waals surface area contributed by atoms with Crippen molar-refractivity contribution in [2.75, 3.05) is 19.8 Å². The van der Waals surface area contributed by atoms with Gasteiger partial charge < -0.3 is 19.5 Å². The lowest BCUT2D eigenvalue weighted by Gasteiger charge is -2.48. The minimum atomic E-state index is -0.998. The monoisotopic (exact) mass is 446 g/mol. The van der Waals surface area contributed by atoms with Gasteiger partial charge in [-0.05, 0) is 57.9 Å². The lowest BCUT2D eigenvalue weighted by molar-refractivity contribution is -0.162. The van der Waals surface area contributed by atoms with Crippen molar-refractivity contribution in [1.82, 2.24) is 10.2 Å². The van der Waals surface area contributed by atoms with E-state index in [0.29, 0.717) is 38.9 Å². The first kappa shape index (κ1) is 24.2. The van der Waals surface area contributed by atoms with Gasteiger partial charge in [-0.15, -0.1) is 0 Å². The summed E-state index contributed by atoms with van der Waals surface area (Å²) in [7, 11) is 0. The molecule has 8 heteroatoms. The van der Waals surface area contributed by atoms with Crippen molar-refractivity contribution >= 4 is 17.8 Å². The predicted molar refractivity (Wildman–Crippen MR) is 118 cm³/mol. The molecule has 2 aliphatic heterocycles. The SMILES string of the molecule is CCOC(=O)[C@H](CCc1ccccc1)NC(C)C(=O)N1[C@H](C(=O)O)CCCC12CCOC2. The van der Waals surface area contributed by atoms with Crippen LogP contribution >= 0.6 is 0 Å². The van der Waals surface area contributed by atoms with E-state index >= 15 is 0 Å². The summed E-state index contributed by atoms with van der Waals surface area (Å²) in [5.41, 5.74) is 0.504. The second-order valence-corrected chi connectivity index (χ2v) is 8.70. The Bertz CT molecular complexity index is 793. The summed E-state index contributed by atoms with van der Waals surface area (Å²) in [6, 6.07) is 7.52. The van der Waals surface area contributed by atoms with Crippen LogP contribution < -0.4 is 5.32 Å². The fourth-order valence-corrected chi connectivity index (χ4v) is 4.86. The molecular weight excluding hydrogens is 412 g/mol. The number of rotatable bonds is 9. The number of aryl methyl sites for hydroxylation is 1. The van der Waals surface area contributed by atoms with Crippen molar-refractivity contribution in [3.8, 4) is 0 Å². The highest BCUT2D eigenvalue weighted by Gasteiger charge is 2.51. The third-order valence-corrected chi connectivity index (χ3v) is 6.50. The van der Waals surface area contributed by atoms with E-state index in [-0.39, 0.29) is 12.5 Å². The number of hydrogen-bond donors (Lipinski definition) is 2. The molecule has 2 aliphatic rings. The maximum Gasteiger partial charge on any atom is 0.326 e. The molecule has 1 amide bonds. The maximum absolute atomic E-state index is 13.6. The van der Waals surface area contributed by atoms with Crippen LogP contribution in [0.5, 0.6) is 0 Å². The van der Waals surface area contributed by atoms with E-state index in [1.54, 1.807) is 13.8 Å². The molecule has 4 atom stereocenters. The van der Waals surface area contributed by atoms with Crippen molar-refractivity contribution in [1.29, 1.82) is 0 Å². The minimum absolute atomic E-state index is 0.248. The second-order valence-electron chi connectivity index (χ2n) is 8.70. The van der Waals surface area contributed by atoms with Crippen LogP contribution in [0.3, 0.4) is 0 Å². The summed E-state index contributed by atoms with van der Waals surface area (Å²) < 4.78 is 10.8. The summed E-state index contributed by atoms with van der Waals surface area (Å²) in [6.45, 7) is 4.55. The van der Waals surface area contributed by atoms with E-state index in [1.807, 2.05) is 30.3 Å². The van der Waals surface area contributed by atoms with E-state index in [0.717, 1.165) is 18.4 Å². The molecule has 1 spiro atoms. The summed E-state index contributed by atoms with van der Waals surface area (Å²) in [6.07, 6.45) is 3.64. The van der Waals surface area contributed by atoms with Gasteiger partial charge in [-0.3, -0.25) is 14.9 Å². The van der Waals surface area contributed by atoms with Crippen molar-refractivity contribution in [3.05, 3.63) is 35.9 Å². The smallest absolute Gasteiger partial charge is 0.326 e. The Kier molecular flexibility index (Phi) is 8.26. The molecule has 2 N–H and O–H groups in total. The molecule has 2 heterocycles. The van der Waals surface area contributed by atoms with Crippen molar-refractivity contribution in [2.45, 2.75) is 76.0 Å². The Labute approximate surface area is 189 Å². The zero-order chi connectivity index (χ0) is 23.1. The van der Waals surface area contributed by atoms with Gasteiger partial charge in [-0.2, -0.15) is 0 Å². The zero-order valence-corrected chi connectivity index (χ0v) is 18.9. The average molecular weight is 447 g/mol. The number of esters is 1. The van der Waals surface area contributed by atoms with Gasteiger partial charge in [0.2, 0.25) is 5.91 Å². The Balaban J connectivity index is 1.75. The van der Waals surface area contributed by atoms with E-state index in [9.17, 15) is 19.5 Å². The van der Waals surface area contributed by atoms with E-state index in [4.69, 9.17) is 9.47 Å². The molecule has 0 aliphatic carbocycles. The zero-order valence-electron chi connectivity index (χ0n) is 18.9. The van der Waals surface area contributed by atoms with E-state index in [1.165, 1.54) is 4.90 Å². The molecule has 1 aromatic carbocycles. The Hall–Kier alpha value is -2.45. The second kappa shape index (κ2) is 10.9. The Morgan fingerprint density at radius 2 is 2.03 bits per heavy atom. The molecule has 0 radical (unpaired) electrons. The number of ether oxygens (including phenoxy) is 2. The number of piperidine rings is 1.